The van der Waals surface area contributed by atoms with Gasteiger partial charge in [-0.2, -0.15) is 0 Å². The molecule has 22 heavy (non-hydrogen) atoms. The van der Waals surface area contributed by atoms with Gasteiger partial charge in [0.05, 0.1) is 0 Å². The van der Waals surface area contributed by atoms with Crippen molar-refractivity contribution in [2.75, 3.05) is 11.4 Å². The van der Waals surface area contributed by atoms with Crippen molar-refractivity contribution >= 4 is 17.5 Å². The number of hydrogen-bond donors (Lipinski definition) is 1. The Labute approximate surface area is 129 Å². The molecular formula is C17H21FN2O2. The highest BCUT2D eigenvalue weighted by Gasteiger charge is 2.35. The minimum atomic E-state index is -0.445. The van der Waals surface area contributed by atoms with E-state index < -0.39 is 6.04 Å². The average molecular weight is 304 g/mol. The van der Waals surface area contributed by atoms with Crippen molar-refractivity contribution in [3.63, 3.8) is 0 Å². The van der Waals surface area contributed by atoms with Crippen molar-refractivity contribution < 1.29 is 14.0 Å². The van der Waals surface area contributed by atoms with Crippen molar-refractivity contribution in [1.29, 1.82) is 0 Å². The fourth-order valence-corrected chi connectivity index (χ4v) is 3.35. The highest BCUT2D eigenvalue weighted by atomic mass is 19.1. The highest BCUT2D eigenvalue weighted by molar-refractivity contribution is 6.01. The lowest BCUT2D eigenvalue weighted by atomic mass is 9.88. The maximum Gasteiger partial charge on any atom is 0.249 e. The molecule has 1 saturated heterocycles. The molecule has 0 aromatic heterocycles. The molecule has 1 N–H and O–H groups in total. The van der Waals surface area contributed by atoms with Gasteiger partial charge in [0.1, 0.15) is 11.9 Å². The monoisotopic (exact) mass is 304 g/mol. The van der Waals surface area contributed by atoms with Crippen molar-refractivity contribution in [3.05, 3.63) is 30.1 Å². The van der Waals surface area contributed by atoms with E-state index in [-0.39, 0.29) is 23.5 Å². The quantitative estimate of drug-likeness (QED) is 0.933. The molecule has 4 nitrogen and oxygen atoms in total. The second-order valence-corrected chi connectivity index (χ2v) is 6.15. The van der Waals surface area contributed by atoms with Crippen LogP contribution in [0, 0.1) is 11.7 Å². The number of nitrogens with one attached hydrogen (secondary N) is 1. The Balaban J connectivity index is 1.61. The largest absolute Gasteiger partial charge is 0.344 e. The van der Waals surface area contributed by atoms with Gasteiger partial charge in [0.15, 0.2) is 0 Å². The van der Waals surface area contributed by atoms with E-state index >= 15 is 0 Å². The molecule has 0 spiro atoms. The summed E-state index contributed by atoms with van der Waals surface area (Å²) >= 11 is 0. The van der Waals surface area contributed by atoms with Crippen molar-refractivity contribution in [2.45, 2.75) is 44.6 Å². The zero-order valence-electron chi connectivity index (χ0n) is 12.6. The third kappa shape index (κ3) is 3.13. The van der Waals surface area contributed by atoms with Gasteiger partial charge in [-0.25, -0.2) is 4.39 Å². The van der Waals surface area contributed by atoms with E-state index in [1.54, 1.807) is 17.0 Å². The zero-order chi connectivity index (χ0) is 15.5. The van der Waals surface area contributed by atoms with Crippen LogP contribution in [0.4, 0.5) is 10.1 Å². The smallest absolute Gasteiger partial charge is 0.249 e. The molecule has 1 unspecified atom stereocenters. The van der Waals surface area contributed by atoms with Gasteiger partial charge in [-0.1, -0.05) is 19.3 Å². The number of amides is 2. The third-order valence-electron chi connectivity index (χ3n) is 4.64. The summed E-state index contributed by atoms with van der Waals surface area (Å²) in [5.41, 5.74) is 0.681. The molecule has 1 aliphatic carbocycles. The standard InChI is InChI=1S/C17H21FN2O2/c18-13-6-8-14(9-7-13)20-11-10-15(17(20)22)19-16(21)12-4-2-1-3-5-12/h6-9,12,15H,1-5,10-11H2,(H,19,21). The minimum Gasteiger partial charge on any atom is -0.344 e. The molecular weight excluding hydrogens is 283 g/mol. The van der Waals surface area contributed by atoms with Crippen molar-refractivity contribution in [3.8, 4) is 0 Å². The predicted molar refractivity (Wildman–Crippen MR) is 81.9 cm³/mol. The summed E-state index contributed by atoms with van der Waals surface area (Å²) in [4.78, 5) is 26.3. The van der Waals surface area contributed by atoms with E-state index in [0.717, 1.165) is 25.7 Å². The molecule has 118 valence electrons. The predicted octanol–water partition coefficient (Wildman–Crippen LogP) is 2.63. The lowest BCUT2D eigenvalue weighted by molar-refractivity contribution is -0.129. The topological polar surface area (TPSA) is 49.4 Å². The van der Waals surface area contributed by atoms with Gasteiger partial charge in [0, 0.05) is 18.2 Å². The molecule has 1 aliphatic heterocycles. The van der Waals surface area contributed by atoms with Crippen LogP contribution in [0.3, 0.4) is 0 Å². The first-order valence-electron chi connectivity index (χ1n) is 8.02. The van der Waals surface area contributed by atoms with Gasteiger partial charge < -0.3 is 10.2 Å². The van der Waals surface area contributed by atoms with Gasteiger partial charge in [-0.05, 0) is 43.5 Å². The van der Waals surface area contributed by atoms with E-state index in [2.05, 4.69) is 5.32 Å². The van der Waals surface area contributed by atoms with Crippen LogP contribution in [0.15, 0.2) is 24.3 Å². The number of hydrogen-bond acceptors (Lipinski definition) is 2. The minimum absolute atomic E-state index is 0.0130. The second-order valence-electron chi connectivity index (χ2n) is 6.15. The maximum absolute atomic E-state index is 13.0. The van der Waals surface area contributed by atoms with Crippen LogP contribution in [-0.2, 0) is 9.59 Å². The first-order chi connectivity index (χ1) is 10.6. The number of carbonyl (C=O) groups is 2. The number of carbonyl (C=O) groups excluding carboxylic acids is 2. The SMILES string of the molecule is O=C(NC1CCN(c2ccc(F)cc2)C1=O)C1CCCCC1. The first-order valence-corrected chi connectivity index (χ1v) is 8.02. The molecule has 1 aromatic carbocycles. The zero-order valence-corrected chi connectivity index (χ0v) is 12.6. The molecule has 0 radical (unpaired) electrons. The van der Waals surface area contributed by atoms with E-state index in [1.165, 1.54) is 18.6 Å². The summed E-state index contributed by atoms with van der Waals surface area (Å²) < 4.78 is 13.0. The lowest BCUT2D eigenvalue weighted by Gasteiger charge is -2.23. The van der Waals surface area contributed by atoms with Crippen LogP contribution >= 0.6 is 0 Å². The number of anilines is 1. The molecule has 3 rings (SSSR count). The fraction of sp³-hybridized carbons (Fsp3) is 0.529. The Morgan fingerprint density at radius 2 is 1.77 bits per heavy atom. The van der Waals surface area contributed by atoms with Gasteiger partial charge >= 0.3 is 0 Å². The van der Waals surface area contributed by atoms with Crippen LogP contribution in [0.25, 0.3) is 0 Å². The lowest BCUT2D eigenvalue weighted by Crippen LogP contribution is -2.44. The Morgan fingerprint density at radius 1 is 1.09 bits per heavy atom. The third-order valence-corrected chi connectivity index (χ3v) is 4.64. The van der Waals surface area contributed by atoms with E-state index in [1.807, 2.05) is 0 Å². The molecule has 0 bridgehead atoms. The number of halogens is 1. The van der Waals surface area contributed by atoms with E-state index in [9.17, 15) is 14.0 Å². The average Bonchev–Trinajstić information content (AvgIpc) is 2.90. The summed E-state index contributed by atoms with van der Waals surface area (Å²) in [6.07, 6.45) is 5.85. The number of benzene rings is 1. The Morgan fingerprint density at radius 3 is 2.45 bits per heavy atom. The summed E-state index contributed by atoms with van der Waals surface area (Å²) in [5.74, 6) is -0.353. The highest BCUT2D eigenvalue weighted by Crippen LogP contribution is 2.25. The molecule has 2 aliphatic rings. The van der Waals surface area contributed by atoms with Gasteiger partial charge in [0.25, 0.3) is 0 Å². The second kappa shape index (κ2) is 6.46. The van der Waals surface area contributed by atoms with E-state index in [0.29, 0.717) is 18.7 Å². The molecule has 2 amide bonds. The molecule has 1 aromatic rings. The molecule has 1 saturated carbocycles. The summed E-state index contributed by atoms with van der Waals surface area (Å²) in [6, 6.07) is 5.43. The van der Waals surface area contributed by atoms with Gasteiger partial charge in [-0.3, -0.25) is 9.59 Å². The Kier molecular flexibility index (Phi) is 4.41. The van der Waals surface area contributed by atoms with Crippen molar-refractivity contribution in [1.82, 2.24) is 5.32 Å². The number of rotatable bonds is 3. The van der Waals surface area contributed by atoms with Crippen LogP contribution in [0.2, 0.25) is 0 Å². The molecule has 2 fully saturated rings. The summed E-state index contributed by atoms with van der Waals surface area (Å²) in [7, 11) is 0. The Bertz CT molecular complexity index is 552. The fourth-order valence-electron chi connectivity index (χ4n) is 3.35. The van der Waals surface area contributed by atoms with Crippen LogP contribution < -0.4 is 10.2 Å². The molecule has 1 atom stereocenters. The normalized spacial score (nSPS) is 22.9. The van der Waals surface area contributed by atoms with Crippen LogP contribution in [0.1, 0.15) is 38.5 Å². The van der Waals surface area contributed by atoms with Gasteiger partial charge in [0.2, 0.25) is 11.8 Å². The van der Waals surface area contributed by atoms with Gasteiger partial charge in [-0.15, -0.1) is 0 Å². The maximum atomic E-state index is 13.0. The Hall–Kier alpha value is -1.91. The van der Waals surface area contributed by atoms with Crippen LogP contribution in [-0.4, -0.2) is 24.4 Å². The first kappa shape index (κ1) is 15.0. The summed E-state index contributed by atoms with van der Waals surface area (Å²) in [6.45, 7) is 0.556. The van der Waals surface area contributed by atoms with Crippen molar-refractivity contribution in [2.24, 2.45) is 5.92 Å². The summed E-state index contributed by atoms with van der Waals surface area (Å²) in [5, 5.41) is 2.91. The van der Waals surface area contributed by atoms with E-state index in [4.69, 9.17) is 0 Å². The molecule has 1 heterocycles. The number of nitrogens with zero attached hydrogens (tertiary/aromatic N) is 1. The molecule has 5 heteroatoms. The van der Waals surface area contributed by atoms with Crippen LogP contribution in [0.5, 0.6) is 0 Å².